The molecule has 0 aliphatic carbocycles. The van der Waals surface area contributed by atoms with Crippen molar-refractivity contribution in [3.8, 4) is 0 Å². The van der Waals surface area contributed by atoms with E-state index in [1.165, 1.54) is 12.8 Å². The molecule has 0 saturated carbocycles. The molecule has 0 aromatic carbocycles. The summed E-state index contributed by atoms with van der Waals surface area (Å²) in [6.07, 6.45) is 9.04. The average molecular weight is 208 g/mol. The van der Waals surface area contributed by atoms with Crippen LogP contribution in [0, 0.1) is 11.3 Å². The van der Waals surface area contributed by atoms with Crippen LogP contribution < -0.4 is 5.32 Å². The van der Waals surface area contributed by atoms with Crippen LogP contribution in [0.15, 0.2) is 12.2 Å². The molecule has 1 rings (SSSR count). The molecule has 0 bridgehead atoms. The van der Waals surface area contributed by atoms with Crippen LogP contribution in [0.3, 0.4) is 0 Å². The zero-order valence-corrected chi connectivity index (χ0v) is 10.2. The molecule has 2 heteroatoms. The minimum Gasteiger partial charge on any atom is -0.308 e. The lowest BCUT2D eigenvalue weighted by atomic mass is 10.1. The first-order chi connectivity index (χ1) is 7.11. The summed E-state index contributed by atoms with van der Waals surface area (Å²) in [5.74, 6) is 0.666. The van der Waals surface area contributed by atoms with Gasteiger partial charge < -0.3 is 10.7 Å². The van der Waals surface area contributed by atoms with Crippen molar-refractivity contribution in [3.05, 3.63) is 12.2 Å². The van der Waals surface area contributed by atoms with Crippen LogP contribution in [0.2, 0.25) is 0 Å². The summed E-state index contributed by atoms with van der Waals surface area (Å²) in [6.45, 7) is 6.54. The lowest BCUT2D eigenvalue weighted by Gasteiger charge is -2.00. The largest absolute Gasteiger partial charge is 0.308 e. The molecular formula is C13H24N2. The SMILES string of the molecule is CC(C)C=CCCCCC(=N)C1NC1C. The van der Waals surface area contributed by atoms with E-state index in [1.54, 1.807) is 0 Å². The van der Waals surface area contributed by atoms with E-state index < -0.39 is 0 Å². The lowest BCUT2D eigenvalue weighted by Crippen LogP contribution is -2.08. The standard InChI is InChI=1S/C13H24N2/c1-10(2)8-6-4-5-7-9-12(14)13-11(3)15-13/h6,8,10-11,13-15H,4-5,7,9H2,1-3H3. The summed E-state index contributed by atoms with van der Waals surface area (Å²) in [7, 11) is 0. The highest BCUT2D eigenvalue weighted by Crippen LogP contribution is 2.14. The summed E-state index contributed by atoms with van der Waals surface area (Å²) in [5, 5.41) is 11.1. The van der Waals surface area contributed by atoms with Gasteiger partial charge in [0.05, 0.1) is 6.04 Å². The predicted molar refractivity (Wildman–Crippen MR) is 66.6 cm³/mol. The number of hydrogen-bond acceptors (Lipinski definition) is 2. The van der Waals surface area contributed by atoms with E-state index in [0.29, 0.717) is 18.0 Å². The van der Waals surface area contributed by atoms with E-state index >= 15 is 0 Å². The van der Waals surface area contributed by atoms with Crippen LogP contribution in [-0.4, -0.2) is 17.8 Å². The summed E-state index contributed by atoms with van der Waals surface area (Å²) >= 11 is 0. The van der Waals surface area contributed by atoms with Crippen molar-refractivity contribution in [3.63, 3.8) is 0 Å². The van der Waals surface area contributed by atoms with Crippen molar-refractivity contribution < 1.29 is 0 Å². The van der Waals surface area contributed by atoms with Crippen molar-refractivity contribution >= 4 is 5.71 Å². The minimum atomic E-state index is 0.399. The van der Waals surface area contributed by atoms with E-state index in [2.05, 4.69) is 38.2 Å². The van der Waals surface area contributed by atoms with Gasteiger partial charge in [-0.3, -0.25) is 0 Å². The zero-order valence-electron chi connectivity index (χ0n) is 10.2. The Hall–Kier alpha value is -0.630. The van der Waals surface area contributed by atoms with Crippen molar-refractivity contribution in [1.29, 1.82) is 5.41 Å². The molecule has 0 amide bonds. The van der Waals surface area contributed by atoms with Gasteiger partial charge in [-0.25, -0.2) is 0 Å². The number of allylic oxidation sites excluding steroid dienone is 2. The van der Waals surface area contributed by atoms with Gasteiger partial charge in [0.1, 0.15) is 0 Å². The molecule has 0 spiro atoms. The monoisotopic (exact) mass is 208 g/mol. The van der Waals surface area contributed by atoms with Crippen LogP contribution in [0.5, 0.6) is 0 Å². The molecule has 2 N–H and O–H groups in total. The number of hydrogen-bond donors (Lipinski definition) is 2. The molecule has 1 saturated heterocycles. The normalized spacial score (nSPS) is 25.1. The number of rotatable bonds is 7. The van der Waals surface area contributed by atoms with Crippen molar-refractivity contribution in [2.45, 2.75) is 58.5 Å². The maximum atomic E-state index is 7.80. The average Bonchev–Trinajstić information content (AvgIpc) is 2.88. The Labute approximate surface area is 93.7 Å². The van der Waals surface area contributed by atoms with Gasteiger partial charge in [-0.1, -0.05) is 26.0 Å². The third-order valence-electron chi connectivity index (χ3n) is 2.80. The van der Waals surface area contributed by atoms with Gasteiger partial charge in [0.25, 0.3) is 0 Å². The van der Waals surface area contributed by atoms with Crippen LogP contribution >= 0.6 is 0 Å². The molecule has 0 aromatic rings. The highest BCUT2D eigenvalue weighted by molar-refractivity contribution is 5.90. The summed E-state index contributed by atoms with van der Waals surface area (Å²) < 4.78 is 0. The van der Waals surface area contributed by atoms with E-state index in [1.807, 2.05) is 0 Å². The van der Waals surface area contributed by atoms with Crippen LogP contribution in [-0.2, 0) is 0 Å². The fourth-order valence-electron chi connectivity index (χ4n) is 1.73. The summed E-state index contributed by atoms with van der Waals surface area (Å²) in [5.41, 5.74) is 0.898. The molecule has 15 heavy (non-hydrogen) atoms. The molecule has 2 unspecified atom stereocenters. The Kier molecular flexibility index (Phi) is 5.03. The molecule has 1 heterocycles. The molecule has 0 aromatic heterocycles. The van der Waals surface area contributed by atoms with Crippen LogP contribution in [0.4, 0.5) is 0 Å². The van der Waals surface area contributed by atoms with E-state index in [-0.39, 0.29) is 0 Å². The Balaban J connectivity index is 1.95. The van der Waals surface area contributed by atoms with Gasteiger partial charge in [-0.05, 0) is 38.5 Å². The minimum absolute atomic E-state index is 0.399. The molecule has 1 aliphatic rings. The molecule has 86 valence electrons. The molecule has 2 atom stereocenters. The maximum absolute atomic E-state index is 7.80. The van der Waals surface area contributed by atoms with E-state index in [0.717, 1.165) is 18.6 Å². The highest BCUT2D eigenvalue weighted by atomic mass is 15.1. The molecule has 1 aliphatic heterocycles. The molecular weight excluding hydrogens is 184 g/mol. The van der Waals surface area contributed by atoms with Crippen LogP contribution in [0.1, 0.15) is 46.5 Å². The van der Waals surface area contributed by atoms with Gasteiger partial charge >= 0.3 is 0 Å². The third-order valence-corrected chi connectivity index (χ3v) is 2.80. The lowest BCUT2D eigenvalue weighted by molar-refractivity contribution is 0.758. The Bertz CT molecular complexity index is 231. The fraction of sp³-hybridized carbons (Fsp3) is 0.769. The Morgan fingerprint density at radius 2 is 2.07 bits per heavy atom. The first-order valence-electron chi connectivity index (χ1n) is 6.11. The number of nitrogens with one attached hydrogen (secondary N) is 2. The Morgan fingerprint density at radius 3 is 2.60 bits per heavy atom. The van der Waals surface area contributed by atoms with Crippen molar-refractivity contribution in [2.75, 3.05) is 0 Å². The first-order valence-corrected chi connectivity index (χ1v) is 6.11. The maximum Gasteiger partial charge on any atom is 0.0604 e. The second-order valence-electron chi connectivity index (χ2n) is 4.88. The van der Waals surface area contributed by atoms with Gasteiger partial charge in [-0.15, -0.1) is 0 Å². The summed E-state index contributed by atoms with van der Waals surface area (Å²) in [4.78, 5) is 0. The van der Waals surface area contributed by atoms with E-state index in [9.17, 15) is 0 Å². The van der Waals surface area contributed by atoms with Gasteiger partial charge in [0.15, 0.2) is 0 Å². The molecule has 2 nitrogen and oxygen atoms in total. The first kappa shape index (κ1) is 12.4. The topological polar surface area (TPSA) is 45.8 Å². The third kappa shape index (κ3) is 5.12. The second kappa shape index (κ2) is 6.06. The molecule has 1 fully saturated rings. The summed E-state index contributed by atoms with van der Waals surface area (Å²) in [6, 6.07) is 0.953. The quantitative estimate of drug-likeness (QED) is 0.287. The van der Waals surface area contributed by atoms with Crippen molar-refractivity contribution in [2.24, 2.45) is 5.92 Å². The number of unbranched alkanes of at least 4 members (excludes halogenated alkanes) is 2. The molecule has 0 radical (unpaired) electrons. The highest BCUT2D eigenvalue weighted by Gasteiger charge is 2.34. The zero-order chi connectivity index (χ0) is 11.3. The van der Waals surface area contributed by atoms with Crippen molar-refractivity contribution in [1.82, 2.24) is 5.32 Å². The van der Waals surface area contributed by atoms with Gasteiger partial charge in [0.2, 0.25) is 0 Å². The fourth-order valence-corrected chi connectivity index (χ4v) is 1.73. The second-order valence-corrected chi connectivity index (χ2v) is 4.88. The Morgan fingerprint density at radius 1 is 1.40 bits per heavy atom. The van der Waals surface area contributed by atoms with Crippen LogP contribution in [0.25, 0.3) is 0 Å². The predicted octanol–water partition coefficient (Wildman–Crippen LogP) is 3.14. The smallest absolute Gasteiger partial charge is 0.0604 e. The van der Waals surface area contributed by atoms with Gasteiger partial charge in [-0.2, -0.15) is 0 Å². The van der Waals surface area contributed by atoms with E-state index in [4.69, 9.17) is 5.41 Å². The van der Waals surface area contributed by atoms with Gasteiger partial charge in [0, 0.05) is 11.8 Å².